The Bertz CT molecular complexity index is 775. The number of aromatic nitrogens is 1. The van der Waals surface area contributed by atoms with E-state index in [0.29, 0.717) is 5.69 Å². The Kier molecular flexibility index (Phi) is 4.36. The van der Waals surface area contributed by atoms with E-state index in [1.165, 1.54) is 24.4 Å². The number of nitrogens with zero attached hydrogens (tertiary/aromatic N) is 1. The zero-order valence-corrected chi connectivity index (χ0v) is 13.1. The number of amides is 1. The van der Waals surface area contributed by atoms with E-state index in [4.69, 9.17) is 11.6 Å². The highest BCUT2D eigenvalue weighted by Gasteiger charge is 2.33. The first-order chi connectivity index (χ1) is 11.3. The number of benzene rings is 1. The summed E-state index contributed by atoms with van der Waals surface area (Å²) >= 11 is 5.59. The van der Waals surface area contributed by atoms with E-state index in [0.717, 1.165) is 18.9 Å². The van der Waals surface area contributed by atoms with Crippen molar-refractivity contribution < 1.29 is 18.0 Å². The van der Waals surface area contributed by atoms with Gasteiger partial charge in [0.2, 0.25) is 0 Å². The van der Waals surface area contributed by atoms with Crippen molar-refractivity contribution in [2.45, 2.75) is 25.1 Å². The van der Waals surface area contributed by atoms with Crippen molar-refractivity contribution in [3.63, 3.8) is 0 Å². The van der Waals surface area contributed by atoms with Gasteiger partial charge in [-0.05, 0) is 43.2 Å². The number of pyridine rings is 1. The minimum Gasteiger partial charge on any atom is -0.355 e. The normalized spacial score (nSPS) is 14.3. The third-order valence-electron chi connectivity index (χ3n) is 3.47. The van der Waals surface area contributed by atoms with Crippen LogP contribution in [0, 0.1) is 0 Å². The second kappa shape index (κ2) is 6.32. The van der Waals surface area contributed by atoms with Crippen molar-refractivity contribution in [2.24, 2.45) is 0 Å². The molecule has 3 rings (SSSR count). The molecule has 0 bridgehead atoms. The maximum absolute atomic E-state index is 12.9. The van der Waals surface area contributed by atoms with Gasteiger partial charge in [-0.15, -0.1) is 0 Å². The quantitative estimate of drug-likeness (QED) is 0.855. The van der Waals surface area contributed by atoms with E-state index in [1.807, 2.05) is 0 Å². The summed E-state index contributed by atoms with van der Waals surface area (Å²) in [4.78, 5) is 15.9. The molecule has 1 amide bonds. The third-order valence-corrected chi connectivity index (χ3v) is 3.80. The largest absolute Gasteiger partial charge is 0.417 e. The molecule has 1 aromatic heterocycles. The zero-order valence-electron chi connectivity index (χ0n) is 12.3. The molecule has 0 spiro atoms. The number of nitrogens with one attached hydrogen (secondary N) is 2. The lowest BCUT2D eigenvalue weighted by Crippen LogP contribution is -2.26. The molecule has 0 saturated heterocycles. The highest BCUT2D eigenvalue weighted by atomic mass is 35.5. The molecule has 24 heavy (non-hydrogen) atoms. The Hall–Kier alpha value is -2.28. The molecular weight excluding hydrogens is 343 g/mol. The van der Waals surface area contributed by atoms with Crippen LogP contribution >= 0.6 is 11.6 Å². The number of hydrogen-bond acceptors (Lipinski definition) is 3. The maximum atomic E-state index is 12.9. The van der Waals surface area contributed by atoms with E-state index in [9.17, 15) is 18.0 Å². The molecule has 0 aliphatic heterocycles. The number of anilines is 2. The van der Waals surface area contributed by atoms with E-state index < -0.39 is 11.7 Å². The van der Waals surface area contributed by atoms with E-state index in [2.05, 4.69) is 15.6 Å². The number of hydrogen-bond donors (Lipinski definition) is 2. The van der Waals surface area contributed by atoms with Crippen molar-refractivity contribution in [3.05, 3.63) is 52.8 Å². The van der Waals surface area contributed by atoms with Gasteiger partial charge < -0.3 is 10.6 Å². The van der Waals surface area contributed by atoms with Gasteiger partial charge in [-0.2, -0.15) is 13.2 Å². The van der Waals surface area contributed by atoms with Crippen molar-refractivity contribution >= 4 is 28.9 Å². The lowest BCUT2D eigenvalue weighted by molar-refractivity contribution is -0.137. The summed E-state index contributed by atoms with van der Waals surface area (Å²) in [7, 11) is 0. The number of halogens is 4. The number of alkyl halides is 3. The molecule has 1 aliphatic carbocycles. The van der Waals surface area contributed by atoms with E-state index >= 15 is 0 Å². The molecular formula is C16H13ClF3N3O. The number of carbonyl (C=O) groups is 1. The van der Waals surface area contributed by atoms with Gasteiger partial charge in [0, 0.05) is 23.6 Å². The summed E-state index contributed by atoms with van der Waals surface area (Å²) in [6.45, 7) is 0. The topological polar surface area (TPSA) is 54.0 Å². The first-order valence-electron chi connectivity index (χ1n) is 7.23. The predicted molar refractivity (Wildman–Crippen MR) is 84.5 cm³/mol. The minimum absolute atomic E-state index is 0.196. The van der Waals surface area contributed by atoms with Crippen LogP contribution in [-0.2, 0) is 6.18 Å². The zero-order chi connectivity index (χ0) is 17.3. The number of carbonyl (C=O) groups excluding carboxylic acids is 1. The average molecular weight is 356 g/mol. The lowest BCUT2D eigenvalue weighted by Gasteiger charge is -2.13. The monoisotopic (exact) mass is 355 g/mol. The van der Waals surface area contributed by atoms with Crippen LogP contribution in [0.5, 0.6) is 0 Å². The Balaban J connectivity index is 1.79. The molecule has 0 atom stereocenters. The van der Waals surface area contributed by atoms with E-state index in [1.54, 1.807) is 6.07 Å². The Morgan fingerprint density at radius 1 is 1.17 bits per heavy atom. The molecule has 126 valence electrons. The van der Waals surface area contributed by atoms with Gasteiger partial charge in [0.25, 0.3) is 5.91 Å². The summed E-state index contributed by atoms with van der Waals surface area (Å²) in [6.07, 6.45) is -1.21. The van der Waals surface area contributed by atoms with Crippen molar-refractivity contribution in [2.75, 3.05) is 5.32 Å². The first-order valence-corrected chi connectivity index (χ1v) is 7.61. The molecule has 1 heterocycles. The standard InChI is InChI=1S/C16H13ClF3N3O/c17-13-4-3-10(7-12(13)16(18,19)20)22-11-5-6-21-14(8-11)15(24)23-9-1-2-9/h3-9H,1-2H2,(H,21,22)(H,23,24). The second-order valence-electron chi connectivity index (χ2n) is 5.49. The van der Waals surface area contributed by atoms with Crippen molar-refractivity contribution in [1.82, 2.24) is 10.3 Å². The molecule has 4 nitrogen and oxygen atoms in total. The third kappa shape index (κ3) is 3.97. The minimum atomic E-state index is -4.54. The second-order valence-corrected chi connectivity index (χ2v) is 5.90. The fraction of sp³-hybridized carbons (Fsp3) is 0.250. The van der Waals surface area contributed by atoms with Crippen LogP contribution in [0.2, 0.25) is 5.02 Å². The van der Waals surface area contributed by atoms with Crippen LogP contribution in [0.1, 0.15) is 28.9 Å². The predicted octanol–water partition coefficient (Wildman–Crippen LogP) is 4.39. The van der Waals surface area contributed by atoms with Crippen LogP contribution in [0.3, 0.4) is 0 Å². The van der Waals surface area contributed by atoms with Crippen LogP contribution in [0.25, 0.3) is 0 Å². The van der Waals surface area contributed by atoms with Gasteiger partial charge in [-0.3, -0.25) is 9.78 Å². The van der Waals surface area contributed by atoms with Gasteiger partial charge in [-0.25, -0.2) is 0 Å². The summed E-state index contributed by atoms with van der Waals surface area (Å²) in [6, 6.07) is 6.78. The van der Waals surface area contributed by atoms with Gasteiger partial charge in [0.1, 0.15) is 5.69 Å². The molecule has 1 aliphatic rings. The Morgan fingerprint density at radius 3 is 2.54 bits per heavy atom. The summed E-state index contributed by atoms with van der Waals surface area (Å²) < 4.78 is 38.7. The SMILES string of the molecule is O=C(NC1CC1)c1cc(Nc2ccc(Cl)c(C(F)(F)F)c2)ccn1. The molecule has 2 N–H and O–H groups in total. The number of rotatable bonds is 4. The van der Waals surface area contributed by atoms with Gasteiger partial charge in [0.05, 0.1) is 10.6 Å². The summed E-state index contributed by atoms with van der Waals surface area (Å²) in [5, 5.41) is 5.26. The average Bonchev–Trinajstić information content (AvgIpc) is 3.32. The van der Waals surface area contributed by atoms with Gasteiger partial charge >= 0.3 is 6.18 Å². The smallest absolute Gasteiger partial charge is 0.355 e. The van der Waals surface area contributed by atoms with Crippen molar-refractivity contribution in [1.29, 1.82) is 0 Å². The van der Waals surface area contributed by atoms with Crippen LogP contribution < -0.4 is 10.6 Å². The lowest BCUT2D eigenvalue weighted by atomic mass is 10.2. The molecule has 1 saturated carbocycles. The molecule has 0 unspecified atom stereocenters. The Labute approximate surface area is 141 Å². The maximum Gasteiger partial charge on any atom is 0.417 e. The fourth-order valence-corrected chi connectivity index (χ4v) is 2.33. The van der Waals surface area contributed by atoms with Gasteiger partial charge in [0.15, 0.2) is 0 Å². The summed E-state index contributed by atoms with van der Waals surface area (Å²) in [5.74, 6) is -0.298. The highest BCUT2D eigenvalue weighted by molar-refractivity contribution is 6.31. The van der Waals surface area contributed by atoms with E-state index in [-0.39, 0.29) is 28.4 Å². The summed E-state index contributed by atoms with van der Waals surface area (Å²) in [5.41, 5.74) is -0.0419. The molecule has 8 heteroatoms. The van der Waals surface area contributed by atoms with Crippen LogP contribution in [-0.4, -0.2) is 16.9 Å². The highest BCUT2D eigenvalue weighted by Crippen LogP contribution is 2.36. The Morgan fingerprint density at radius 2 is 1.88 bits per heavy atom. The molecule has 2 aromatic rings. The van der Waals surface area contributed by atoms with Crippen molar-refractivity contribution in [3.8, 4) is 0 Å². The molecule has 0 radical (unpaired) electrons. The van der Waals surface area contributed by atoms with Gasteiger partial charge in [-0.1, -0.05) is 11.6 Å². The molecule has 1 fully saturated rings. The fourth-order valence-electron chi connectivity index (χ4n) is 2.11. The first kappa shape index (κ1) is 16.6. The molecule has 1 aromatic carbocycles. The van der Waals surface area contributed by atoms with Crippen LogP contribution in [0.4, 0.5) is 24.5 Å². The van der Waals surface area contributed by atoms with Crippen LogP contribution in [0.15, 0.2) is 36.5 Å².